The Hall–Kier alpha value is -3.23. The summed E-state index contributed by atoms with van der Waals surface area (Å²) in [5, 5.41) is 3.39. The number of carbonyl (C=O) groups is 1. The molecule has 0 unspecified atom stereocenters. The van der Waals surface area contributed by atoms with Gasteiger partial charge in [-0.2, -0.15) is 0 Å². The van der Waals surface area contributed by atoms with Gasteiger partial charge in [-0.05, 0) is 80.0 Å². The molecule has 1 saturated heterocycles. The zero-order valence-electron chi connectivity index (χ0n) is 22.4. The van der Waals surface area contributed by atoms with Crippen LogP contribution in [0.25, 0.3) is 21.6 Å². The van der Waals surface area contributed by atoms with E-state index in [0.29, 0.717) is 19.5 Å². The smallest absolute Gasteiger partial charge is 0.410 e. The summed E-state index contributed by atoms with van der Waals surface area (Å²) in [6, 6.07) is 13.8. The fourth-order valence-corrected chi connectivity index (χ4v) is 6.41. The molecule has 1 amide bonds. The average Bonchev–Trinajstić information content (AvgIpc) is 2.86. The van der Waals surface area contributed by atoms with E-state index in [4.69, 9.17) is 15.0 Å². The molecule has 0 bridgehead atoms. The van der Waals surface area contributed by atoms with Crippen molar-refractivity contribution >= 4 is 15.9 Å². The lowest BCUT2D eigenvalue weighted by Gasteiger charge is -2.44. The van der Waals surface area contributed by atoms with Crippen molar-refractivity contribution in [3.05, 3.63) is 64.0 Å². The summed E-state index contributed by atoms with van der Waals surface area (Å²) < 4.78 is 36.7. The van der Waals surface area contributed by atoms with Crippen molar-refractivity contribution in [3.8, 4) is 16.9 Å². The molecule has 1 spiro atoms. The third-order valence-electron chi connectivity index (χ3n) is 7.01. The Morgan fingerprint density at radius 1 is 1.11 bits per heavy atom. The number of carbonyl (C=O) groups excluding carboxylic acids is 1. The van der Waals surface area contributed by atoms with Gasteiger partial charge in [0.2, 0.25) is 0 Å². The van der Waals surface area contributed by atoms with Gasteiger partial charge in [-0.15, -0.1) is 0 Å². The Bertz CT molecular complexity index is 1300. The van der Waals surface area contributed by atoms with Crippen LogP contribution in [0.5, 0.6) is 5.75 Å². The van der Waals surface area contributed by atoms with Gasteiger partial charge in [0.05, 0.1) is 11.5 Å². The summed E-state index contributed by atoms with van der Waals surface area (Å²) >= 11 is 0. The predicted molar refractivity (Wildman–Crippen MR) is 147 cm³/mol. The zero-order valence-corrected chi connectivity index (χ0v) is 23.2. The lowest BCUT2D eigenvalue weighted by atomic mass is 9.82. The van der Waals surface area contributed by atoms with Crippen LogP contribution in [0.3, 0.4) is 0 Å². The molecule has 204 valence electrons. The molecule has 9 nitrogen and oxygen atoms in total. The molecule has 0 aliphatic carbocycles. The number of nitrogens with zero attached hydrogens (tertiary/aromatic N) is 4. The number of rotatable bonds is 7. The van der Waals surface area contributed by atoms with Crippen LogP contribution < -0.4 is 4.74 Å². The summed E-state index contributed by atoms with van der Waals surface area (Å²) in [6.07, 6.45) is 3.43. The molecule has 0 saturated carbocycles. The minimum Gasteiger partial charge on any atom is -0.487 e. The Morgan fingerprint density at radius 3 is 2.45 bits per heavy atom. The van der Waals surface area contributed by atoms with Gasteiger partial charge in [-0.25, -0.2) is 13.2 Å². The Morgan fingerprint density at radius 2 is 1.79 bits per heavy atom. The van der Waals surface area contributed by atoms with E-state index in [1.807, 2.05) is 57.2 Å². The van der Waals surface area contributed by atoms with Gasteiger partial charge >= 0.3 is 6.09 Å². The molecular weight excluding hydrogens is 504 g/mol. The van der Waals surface area contributed by atoms with Crippen molar-refractivity contribution in [2.75, 3.05) is 25.4 Å². The second-order valence-corrected chi connectivity index (χ2v) is 13.4. The maximum atomic E-state index is 12.4. The molecule has 2 heterocycles. The van der Waals surface area contributed by atoms with E-state index < -0.39 is 15.4 Å². The van der Waals surface area contributed by atoms with Crippen LogP contribution >= 0.6 is 0 Å². The number of piperidine rings is 1. The first kappa shape index (κ1) is 27.8. The Labute approximate surface area is 224 Å². The molecule has 0 N–H and O–H groups in total. The van der Waals surface area contributed by atoms with Gasteiger partial charge in [0.15, 0.2) is 9.84 Å². The number of likely N-dealkylation sites (tertiary alicyclic amines) is 1. The van der Waals surface area contributed by atoms with Crippen LogP contribution in [0.2, 0.25) is 0 Å². The molecule has 0 radical (unpaired) electrons. The summed E-state index contributed by atoms with van der Waals surface area (Å²) in [5.41, 5.74) is 11.5. The largest absolute Gasteiger partial charge is 0.487 e. The lowest BCUT2D eigenvalue weighted by molar-refractivity contribution is -0.0272. The molecular formula is C28H36N4O5S. The molecule has 2 aromatic carbocycles. The molecule has 38 heavy (non-hydrogen) atoms. The first-order valence-electron chi connectivity index (χ1n) is 13.1. The third-order valence-corrected chi connectivity index (χ3v) is 8.70. The zero-order chi connectivity index (χ0) is 27.4. The van der Waals surface area contributed by atoms with E-state index in [-0.39, 0.29) is 29.7 Å². The molecule has 0 atom stereocenters. The number of benzene rings is 2. The van der Waals surface area contributed by atoms with E-state index in [9.17, 15) is 13.2 Å². The molecule has 0 aromatic heterocycles. The van der Waals surface area contributed by atoms with Crippen molar-refractivity contribution in [2.45, 2.75) is 69.8 Å². The molecule has 2 aliphatic heterocycles. The summed E-state index contributed by atoms with van der Waals surface area (Å²) in [4.78, 5) is 16.9. The highest BCUT2D eigenvalue weighted by molar-refractivity contribution is 7.90. The first-order valence-corrected chi connectivity index (χ1v) is 14.9. The van der Waals surface area contributed by atoms with Gasteiger partial charge in [0, 0.05) is 37.4 Å². The normalized spacial score (nSPS) is 16.8. The maximum Gasteiger partial charge on any atom is 0.410 e. The monoisotopic (exact) mass is 540 g/mol. The van der Waals surface area contributed by atoms with Crippen LogP contribution in [0.4, 0.5) is 4.79 Å². The predicted octanol–water partition coefficient (Wildman–Crippen LogP) is 6.06. The van der Waals surface area contributed by atoms with Crippen molar-refractivity contribution < 1.29 is 22.7 Å². The minimum absolute atomic E-state index is 0.000874. The number of amides is 1. The SMILES string of the molecule is CC(C)(C)OC(=O)N1CCC2(CCc3cc(-c4ccc(CS(=O)(=O)CCCN=[N+]=[N-])cc4)ccc3O2)CC1. The number of fused-ring (bicyclic) bond motifs is 1. The van der Waals surface area contributed by atoms with E-state index in [0.717, 1.165) is 53.7 Å². The van der Waals surface area contributed by atoms with E-state index in [2.05, 4.69) is 16.1 Å². The number of sulfone groups is 1. The quantitative estimate of drug-likeness (QED) is 0.183. The van der Waals surface area contributed by atoms with Crippen molar-refractivity contribution in [1.82, 2.24) is 4.90 Å². The van der Waals surface area contributed by atoms with Gasteiger partial charge in [0.25, 0.3) is 0 Å². The Balaban J connectivity index is 1.36. The summed E-state index contributed by atoms with van der Waals surface area (Å²) in [5.74, 6) is 0.864. The number of aryl methyl sites for hydroxylation is 1. The first-order chi connectivity index (χ1) is 18.0. The molecule has 4 rings (SSSR count). The highest BCUT2D eigenvalue weighted by Gasteiger charge is 2.41. The fraction of sp³-hybridized carbons (Fsp3) is 0.536. The minimum atomic E-state index is -3.26. The van der Waals surface area contributed by atoms with Crippen LogP contribution in [-0.2, 0) is 26.7 Å². The van der Waals surface area contributed by atoms with Crippen LogP contribution in [0, 0.1) is 0 Å². The van der Waals surface area contributed by atoms with Crippen molar-refractivity contribution in [1.29, 1.82) is 0 Å². The van der Waals surface area contributed by atoms with Gasteiger partial charge < -0.3 is 14.4 Å². The number of ether oxygens (including phenoxy) is 2. The number of hydrogen-bond acceptors (Lipinski definition) is 6. The third kappa shape index (κ3) is 7.20. The van der Waals surface area contributed by atoms with Gasteiger partial charge in [-0.3, -0.25) is 0 Å². The van der Waals surface area contributed by atoms with E-state index >= 15 is 0 Å². The van der Waals surface area contributed by atoms with E-state index in [1.165, 1.54) is 0 Å². The molecule has 2 aromatic rings. The summed E-state index contributed by atoms with van der Waals surface area (Å²) in [7, 11) is -3.26. The molecule has 1 fully saturated rings. The van der Waals surface area contributed by atoms with Crippen molar-refractivity contribution in [3.63, 3.8) is 0 Å². The fourth-order valence-electron chi connectivity index (χ4n) is 5.00. The highest BCUT2D eigenvalue weighted by Crippen LogP contribution is 2.41. The average molecular weight is 541 g/mol. The second-order valence-electron chi connectivity index (χ2n) is 11.2. The van der Waals surface area contributed by atoms with Gasteiger partial charge in [0.1, 0.15) is 17.0 Å². The maximum absolute atomic E-state index is 12.4. The summed E-state index contributed by atoms with van der Waals surface area (Å²) in [6.45, 7) is 7.06. The highest BCUT2D eigenvalue weighted by atomic mass is 32.2. The second kappa shape index (κ2) is 11.3. The van der Waals surface area contributed by atoms with Crippen molar-refractivity contribution in [2.24, 2.45) is 5.11 Å². The lowest BCUT2D eigenvalue weighted by Crippen LogP contribution is -2.52. The molecule has 10 heteroatoms. The standard InChI is InChI=1S/C28H36N4O5S/c1-27(2,3)37-26(33)32-16-13-28(14-17-32)12-11-24-19-23(9-10-25(24)36-28)22-7-5-21(6-8-22)20-38(34,35)18-4-15-30-31-29/h5-10,19H,4,11-18,20H2,1-3H3. The van der Waals surface area contributed by atoms with E-state index in [1.54, 1.807) is 4.90 Å². The van der Waals surface area contributed by atoms with Gasteiger partial charge in [-0.1, -0.05) is 35.4 Å². The van der Waals surface area contributed by atoms with Crippen LogP contribution in [0.15, 0.2) is 47.6 Å². The topological polar surface area (TPSA) is 122 Å². The number of hydrogen-bond donors (Lipinski definition) is 0. The number of azide groups is 1. The Kier molecular flexibility index (Phi) is 8.23. The van der Waals surface area contributed by atoms with Crippen LogP contribution in [-0.4, -0.2) is 56.0 Å². The molecule has 2 aliphatic rings. The van der Waals surface area contributed by atoms with Crippen LogP contribution in [0.1, 0.15) is 57.6 Å².